The van der Waals surface area contributed by atoms with Crippen molar-refractivity contribution >= 4 is 10.9 Å². The van der Waals surface area contributed by atoms with Crippen LogP contribution in [0.5, 0.6) is 0 Å². The van der Waals surface area contributed by atoms with Crippen molar-refractivity contribution in [1.82, 2.24) is 4.98 Å². The molecule has 0 spiro atoms. The van der Waals surface area contributed by atoms with E-state index in [1.807, 2.05) is 18.2 Å². The van der Waals surface area contributed by atoms with Gasteiger partial charge in [-0.25, -0.2) is 0 Å². The van der Waals surface area contributed by atoms with Gasteiger partial charge in [0.05, 0.1) is 5.52 Å². The quantitative estimate of drug-likeness (QED) is 0.789. The Kier molecular flexibility index (Phi) is 2.49. The maximum atomic E-state index is 11.8. The first-order chi connectivity index (χ1) is 7.63. The van der Waals surface area contributed by atoms with Gasteiger partial charge in [0.25, 0.3) is 0 Å². The van der Waals surface area contributed by atoms with Gasteiger partial charge < -0.3 is 4.98 Å². The molecule has 0 unspecified atom stereocenters. The Labute approximate surface area is 93.3 Å². The molecular formula is C13H12N2O. The van der Waals surface area contributed by atoms with Crippen molar-refractivity contribution in [3.05, 3.63) is 45.7 Å². The lowest BCUT2D eigenvalue weighted by molar-refractivity contribution is 0.872. The lowest BCUT2D eigenvalue weighted by Crippen LogP contribution is -2.05. The van der Waals surface area contributed by atoms with E-state index in [0.29, 0.717) is 17.0 Å². The molecular weight excluding hydrogens is 200 g/mol. The molecule has 0 aliphatic rings. The van der Waals surface area contributed by atoms with E-state index in [1.54, 1.807) is 6.07 Å². The molecule has 0 aliphatic carbocycles. The van der Waals surface area contributed by atoms with Crippen molar-refractivity contribution in [3.8, 4) is 6.07 Å². The third-order valence-electron chi connectivity index (χ3n) is 2.64. The van der Waals surface area contributed by atoms with Crippen LogP contribution in [0.15, 0.2) is 29.1 Å². The largest absolute Gasteiger partial charge is 0.346 e. The summed E-state index contributed by atoms with van der Waals surface area (Å²) in [6.07, 6.45) is 0. The van der Waals surface area contributed by atoms with Gasteiger partial charge in [-0.3, -0.25) is 4.79 Å². The van der Waals surface area contributed by atoms with E-state index in [-0.39, 0.29) is 5.43 Å². The second kappa shape index (κ2) is 3.82. The average molecular weight is 212 g/mol. The SMILES string of the molecule is CC(C)c1cccc2c(=O)cc(C#N)[nH]c12. The van der Waals surface area contributed by atoms with Crippen LogP contribution >= 0.6 is 0 Å². The minimum absolute atomic E-state index is 0.104. The smallest absolute Gasteiger partial charge is 0.190 e. The number of H-pyrrole nitrogens is 1. The lowest BCUT2D eigenvalue weighted by Gasteiger charge is -2.09. The summed E-state index contributed by atoms with van der Waals surface area (Å²) in [5.74, 6) is 0.313. The Morgan fingerprint density at radius 1 is 1.38 bits per heavy atom. The summed E-state index contributed by atoms with van der Waals surface area (Å²) in [6.45, 7) is 4.12. The highest BCUT2D eigenvalue weighted by atomic mass is 16.1. The molecule has 1 aromatic carbocycles. The van der Waals surface area contributed by atoms with Crippen LogP contribution in [0.4, 0.5) is 0 Å². The molecule has 2 aromatic rings. The average Bonchev–Trinajstić information content (AvgIpc) is 2.28. The molecule has 2 rings (SSSR count). The third-order valence-corrected chi connectivity index (χ3v) is 2.64. The van der Waals surface area contributed by atoms with Crippen LogP contribution < -0.4 is 5.43 Å². The Morgan fingerprint density at radius 3 is 2.75 bits per heavy atom. The van der Waals surface area contributed by atoms with Gasteiger partial charge in [0.1, 0.15) is 11.8 Å². The fourth-order valence-corrected chi connectivity index (χ4v) is 1.84. The summed E-state index contributed by atoms with van der Waals surface area (Å²) in [5, 5.41) is 9.47. The molecule has 80 valence electrons. The predicted molar refractivity (Wildman–Crippen MR) is 63.4 cm³/mol. The maximum Gasteiger partial charge on any atom is 0.190 e. The third kappa shape index (κ3) is 1.59. The molecule has 1 heterocycles. The van der Waals surface area contributed by atoms with Crippen LogP contribution in [0.1, 0.15) is 31.0 Å². The van der Waals surface area contributed by atoms with Crippen molar-refractivity contribution in [1.29, 1.82) is 5.26 Å². The highest BCUT2D eigenvalue weighted by Crippen LogP contribution is 2.21. The Bertz CT molecular complexity index is 632. The maximum absolute atomic E-state index is 11.8. The molecule has 0 saturated heterocycles. The van der Waals surface area contributed by atoms with Crippen LogP contribution in [0.25, 0.3) is 10.9 Å². The van der Waals surface area contributed by atoms with Gasteiger partial charge in [-0.2, -0.15) is 5.26 Å². The Balaban J connectivity index is 2.92. The van der Waals surface area contributed by atoms with Crippen molar-refractivity contribution in [2.45, 2.75) is 19.8 Å². The number of fused-ring (bicyclic) bond motifs is 1. The lowest BCUT2D eigenvalue weighted by atomic mass is 9.99. The van der Waals surface area contributed by atoms with Gasteiger partial charge >= 0.3 is 0 Å². The topological polar surface area (TPSA) is 56.6 Å². The van der Waals surface area contributed by atoms with Crippen LogP contribution in [0.3, 0.4) is 0 Å². The number of benzene rings is 1. The van der Waals surface area contributed by atoms with E-state index in [2.05, 4.69) is 18.8 Å². The number of aromatic amines is 1. The van der Waals surface area contributed by atoms with Gasteiger partial charge in [0.15, 0.2) is 5.43 Å². The monoisotopic (exact) mass is 212 g/mol. The van der Waals surface area contributed by atoms with Crippen LogP contribution in [-0.2, 0) is 0 Å². The molecule has 0 atom stereocenters. The molecule has 0 saturated carbocycles. The van der Waals surface area contributed by atoms with E-state index in [1.165, 1.54) is 6.07 Å². The highest BCUT2D eigenvalue weighted by molar-refractivity contribution is 5.82. The van der Waals surface area contributed by atoms with Gasteiger partial charge in [-0.15, -0.1) is 0 Å². The molecule has 0 aliphatic heterocycles. The zero-order chi connectivity index (χ0) is 11.7. The minimum Gasteiger partial charge on any atom is -0.346 e. The second-order valence-electron chi connectivity index (χ2n) is 4.08. The Morgan fingerprint density at radius 2 is 2.12 bits per heavy atom. The zero-order valence-corrected chi connectivity index (χ0v) is 9.24. The standard InChI is InChI=1S/C13H12N2O/c1-8(2)10-4-3-5-11-12(16)6-9(7-14)15-13(10)11/h3-6,8H,1-2H3,(H,15,16). The van der Waals surface area contributed by atoms with Gasteiger partial charge in [0.2, 0.25) is 0 Å². The number of nitrogens with zero attached hydrogens (tertiary/aromatic N) is 1. The van der Waals surface area contributed by atoms with Gasteiger partial charge in [0, 0.05) is 11.5 Å². The summed E-state index contributed by atoms with van der Waals surface area (Å²) in [7, 11) is 0. The number of para-hydroxylation sites is 1. The molecule has 16 heavy (non-hydrogen) atoms. The van der Waals surface area contributed by atoms with Crippen molar-refractivity contribution in [2.24, 2.45) is 0 Å². The first-order valence-electron chi connectivity index (χ1n) is 5.19. The number of aromatic nitrogens is 1. The first kappa shape index (κ1) is 10.4. The fourth-order valence-electron chi connectivity index (χ4n) is 1.84. The van der Waals surface area contributed by atoms with Crippen LogP contribution in [0.2, 0.25) is 0 Å². The van der Waals surface area contributed by atoms with E-state index >= 15 is 0 Å². The molecule has 0 amide bonds. The first-order valence-corrected chi connectivity index (χ1v) is 5.19. The van der Waals surface area contributed by atoms with Gasteiger partial charge in [-0.1, -0.05) is 26.0 Å². The van der Waals surface area contributed by atoms with E-state index < -0.39 is 0 Å². The molecule has 3 heteroatoms. The van der Waals surface area contributed by atoms with E-state index in [0.717, 1.165) is 11.1 Å². The second-order valence-corrected chi connectivity index (χ2v) is 4.08. The number of pyridine rings is 1. The summed E-state index contributed by atoms with van der Waals surface area (Å²) >= 11 is 0. The van der Waals surface area contributed by atoms with Crippen LogP contribution in [-0.4, -0.2) is 4.98 Å². The molecule has 3 nitrogen and oxygen atoms in total. The van der Waals surface area contributed by atoms with Gasteiger partial charge in [-0.05, 0) is 17.5 Å². The summed E-state index contributed by atoms with van der Waals surface area (Å²) < 4.78 is 0. The molecule has 0 bridgehead atoms. The zero-order valence-electron chi connectivity index (χ0n) is 9.24. The fraction of sp³-hybridized carbons (Fsp3) is 0.231. The summed E-state index contributed by atoms with van der Waals surface area (Å²) in [6, 6.07) is 8.94. The number of nitrogens with one attached hydrogen (secondary N) is 1. The van der Waals surface area contributed by atoms with Crippen molar-refractivity contribution in [2.75, 3.05) is 0 Å². The predicted octanol–water partition coefficient (Wildman–Crippen LogP) is 2.52. The molecule has 1 aromatic heterocycles. The van der Waals surface area contributed by atoms with Crippen molar-refractivity contribution < 1.29 is 0 Å². The van der Waals surface area contributed by atoms with Crippen molar-refractivity contribution in [3.63, 3.8) is 0 Å². The normalized spacial score (nSPS) is 10.6. The number of hydrogen-bond acceptors (Lipinski definition) is 2. The molecule has 0 radical (unpaired) electrons. The molecule has 1 N–H and O–H groups in total. The number of rotatable bonds is 1. The summed E-state index contributed by atoms with van der Waals surface area (Å²) in [4.78, 5) is 14.8. The van der Waals surface area contributed by atoms with Crippen LogP contribution in [0, 0.1) is 11.3 Å². The Hall–Kier alpha value is -2.08. The number of hydrogen-bond donors (Lipinski definition) is 1. The molecule has 0 fully saturated rings. The highest BCUT2D eigenvalue weighted by Gasteiger charge is 2.08. The van der Waals surface area contributed by atoms with E-state index in [4.69, 9.17) is 5.26 Å². The minimum atomic E-state index is -0.104. The summed E-state index contributed by atoms with van der Waals surface area (Å²) in [5.41, 5.74) is 2.05. The van der Waals surface area contributed by atoms with E-state index in [9.17, 15) is 4.79 Å². The number of nitriles is 1.